The van der Waals surface area contributed by atoms with Gasteiger partial charge in [-0.15, -0.1) is 11.3 Å². The van der Waals surface area contributed by atoms with Crippen molar-refractivity contribution in [1.82, 2.24) is 9.97 Å². The number of thiophene rings is 1. The van der Waals surface area contributed by atoms with E-state index in [2.05, 4.69) is 22.2 Å². The van der Waals surface area contributed by atoms with Gasteiger partial charge in [0.2, 0.25) is 0 Å². The van der Waals surface area contributed by atoms with Crippen LogP contribution in [0, 0.1) is 6.92 Å². The third-order valence-corrected chi connectivity index (χ3v) is 6.34. The van der Waals surface area contributed by atoms with Crippen molar-refractivity contribution < 1.29 is 14.8 Å². The summed E-state index contributed by atoms with van der Waals surface area (Å²) in [6.45, 7) is 5.95. The quantitative estimate of drug-likeness (QED) is 0.618. The molecule has 142 valence electrons. The first-order chi connectivity index (χ1) is 12.5. The van der Waals surface area contributed by atoms with E-state index in [1.54, 1.807) is 13.8 Å². The number of carbonyl (C=O) groups excluding carboxylic acids is 1. The molecule has 0 saturated heterocycles. The maximum Gasteiger partial charge on any atom is 0.348 e. The second-order valence-electron chi connectivity index (χ2n) is 7.14. The summed E-state index contributed by atoms with van der Waals surface area (Å²) in [5, 5.41) is 2.84. The minimum absolute atomic E-state index is 0.0867. The lowest BCUT2D eigenvalue weighted by Gasteiger charge is -2.18. The fraction of sp³-hybridized carbons (Fsp3) is 0.632. The number of carbonyl (C=O) groups is 1. The summed E-state index contributed by atoms with van der Waals surface area (Å²) in [5.41, 5.74) is 0.486. The average molecular weight is 379 g/mol. The average Bonchev–Trinajstić information content (AvgIpc) is 2.77. The van der Waals surface area contributed by atoms with Crippen LogP contribution in [0.1, 0.15) is 79.5 Å². The number of aromatic amines is 1. The molecule has 1 atom stereocenters. The fourth-order valence-electron chi connectivity index (χ4n) is 3.77. The molecule has 1 aliphatic carbocycles. The Labute approximate surface area is 157 Å². The van der Waals surface area contributed by atoms with Crippen molar-refractivity contribution in [2.24, 2.45) is 0 Å². The van der Waals surface area contributed by atoms with Gasteiger partial charge in [-0.2, -0.15) is 0 Å². The standard InChI is InChI=1S/C19H27N3O3S/c1-4-25-19(24)15-11(2)14-17(23)21-16(22-18(14)26-15)12(3)20-13-9-7-5-6-8-10-13/h12-13,20H,4-10H2,1-3H3,(H,21,22,23)/p+1/t12-/m0/s1. The predicted molar refractivity (Wildman–Crippen MR) is 103 cm³/mol. The highest BCUT2D eigenvalue weighted by Gasteiger charge is 2.24. The second-order valence-corrected chi connectivity index (χ2v) is 8.14. The number of esters is 1. The smallest absolute Gasteiger partial charge is 0.348 e. The van der Waals surface area contributed by atoms with Crippen LogP contribution in [0.15, 0.2) is 4.79 Å². The van der Waals surface area contributed by atoms with Crippen molar-refractivity contribution in [3.63, 3.8) is 0 Å². The minimum atomic E-state index is -0.382. The molecule has 2 heterocycles. The van der Waals surface area contributed by atoms with E-state index in [1.165, 1.54) is 49.9 Å². The van der Waals surface area contributed by atoms with E-state index in [-0.39, 0.29) is 17.6 Å². The number of aryl methyl sites for hydroxylation is 1. The molecule has 0 spiro atoms. The third kappa shape index (κ3) is 3.99. The van der Waals surface area contributed by atoms with E-state index in [9.17, 15) is 9.59 Å². The zero-order valence-corrected chi connectivity index (χ0v) is 16.6. The Morgan fingerprint density at radius 2 is 2.04 bits per heavy atom. The van der Waals surface area contributed by atoms with Gasteiger partial charge in [-0.1, -0.05) is 12.8 Å². The molecular formula is C19H28N3O3S+. The summed E-state index contributed by atoms with van der Waals surface area (Å²) in [5.74, 6) is 0.301. The molecular weight excluding hydrogens is 350 g/mol. The zero-order valence-electron chi connectivity index (χ0n) is 15.8. The van der Waals surface area contributed by atoms with Gasteiger partial charge in [0.25, 0.3) is 5.56 Å². The summed E-state index contributed by atoms with van der Waals surface area (Å²) in [6.07, 6.45) is 7.66. The van der Waals surface area contributed by atoms with E-state index in [0.717, 1.165) is 0 Å². The van der Waals surface area contributed by atoms with Crippen LogP contribution in [-0.4, -0.2) is 28.6 Å². The Morgan fingerprint density at radius 3 is 2.69 bits per heavy atom. The number of rotatable bonds is 5. The molecule has 1 fully saturated rings. The van der Waals surface area contributed by atoms with Crippen molar-refractivity contribution in [1.29, 1.82) is 0 Å². The number of H-pyrrole nitrogens is 1. The molecule has 0 aliphatic heterocycles. The van der Waals surface area contributed by atoms with Crippen LogP contribution in [0.4, 0.5) is 0 Å². The summed E-state index contributed by atoms with van der Waals surface area (Å²) in [6, 6.07) is 0.678. The molecule has 2 aromatic heterocycles. The Bertz CT molecular complexity index is 834. The first kappa shape index (κ1) is 19.0. The SMILES string of the molecule is CCOC(=O)c1sc2nc([C@H](C)[NH2+]C3CCCCCC3)[nH]c(=O)c2c1C. The van der Waals surface area contributed by atoms with Gasteiger partial charge in [-0.25, -0.2) is 9.78 Å². The number of hydrogen-bond donors (Lipinski definition) is 2. The van der Waals surface area contributed by atoms with Crippen LogP contribution < -0.4 is 10.9 Å². The maximum absolute atomic E-state index is 12.6. The Kier molecular flexibility index (Phi) is 6.09. The lowest BCUT2D eigenvalue weighted by Crippen LogP contribution is -2.90. The van der Waals surface area contributed by atoms with E-state index in [4.69, 9.17) is 4.74 Å². The lowest BCUT2D eigenvalue weighted by molar-refractivity contribution is -0.727. The van der Waals surface area contributed by atoms with Crippen molar-refractivity contribution in [3.8, 4) is 0 Å². The van der Waals surface area contributed by atoms with Crippen LogP contribution in [-0.2, 0) is 4.74 Å². The van der Waals surface area contributed by atoms with Gasteiger partial charge in [0, 0.05) is 0 Å². The molecule has 3 N–H and O–H groups in total. The molecule has 0 aromatic carbocycles. The molecule has 0 amide bonds. The van der Waals surface area contributed by atoms with Crippen LogP contribution in [0.25, 0.3) is 10.2 Å². The fourth-order valence-corrected chi connectivity index (χ4v) is 4.85. The second kappa shape index (κ2) is 8.31. The first-order valence-corrected chi connectivity index (χ1v) is 10.4. The van der Waals surface area contributed by atoms with Gasteiger partial charge in [0.05, 0.1) is 18.0 Å². The molecule has 0 radical (unpaired) electrons. The topological polar surface area (TPSA) is 88.7 Å². The van der Waals surface area contributed by atoms with E-state index in [1.807, 2.05) is 0 Å². The number of fused-ring (bicyclic) bond motifs is 1. The summed E-state index contributed by atoms with van der Waals surface area (Å²) >= 11 is 1.25. The third-order valence-electron chi connectivity index (χ3n) is 5.17. The van der Waals surface area contributed by atoms with Crippen molar-refractivity contribution in [2.45, 2.75) is 71.4 Å². The molecule has 0 bridgehead atoms. The van der Waals surface area contributed by atoms with Gasteiger partial charge >= 0.3 is 5.97 Å². The molecule has 6 nitrogen and oxygen atoms in total. The zero-order chi connectivity index (χ0) is 18.7. The van der Waals surface area contributed by atoms with E-state index >= 15 is 0 Å². The van der Waals surface area contributed by atoms with Crippen LogP contribution >= 0.6 is 11.3 Å². The number of hydrogen-bond acceptors (Lipinski definition) is 5. The van der Waals surface area contributed by atoms with Gasteiger partial charge < -0.3 is 15.0 Å². The minimum Gasteiger partial charge on any atom is -0.462 e. The first-order valence-electron chi connectivity index (χ1n) is 9.56. The number of ether oxygens (including phenoxy) is 1. The Hall–Kier alpha value is -1.73. The highest BCUT2D eigenvalue weighted by Crippen LogP contribution is 2.28. The van der Waals surface area contributed by atoms with Crippen LogP contribution in [0.3, 0.4) is 0 Å². The van der Waals surface area contributed by atoms with Gasteiger partial charge in [0.1, 0.15) is 15.7 Å². The number of nitrogens with zero attached hydrogens (tertiary/aromatic N) is 1. The van der Waals surface area contributed by atoms with Crippen molar-refractivity contribution in [3.05, 3.63) is 26.6 Å². The summed E-state index contributed by atoms with van der Waals surface area (Å²) in [4.78, 5) is 33.4. The normalized spacial score (nSPS) is 17.2. The van der Waals surface area contributed by atoms with Crippen LogP contribution in [0.5, 0.6) is 0 Å². The van der Waals surface area contributed by atoms with Gasteiger partial charge in [-0.05, 0) is 52.0 Å². The predicted octanol–water partition coefficient (Wildman–Crippen LogP) is 2.82. The number of quaternary nitrogens is 1. The summed E-state index contributed by atoms with van der Waals surface area (Å²) in [7, 11) is 0. The molecule has 0 unspecified atom stereocenters. The molecule has 1 saturated carbocycles. The number of nitrogens with one attached hydrogen (secondary N) is 1. The molecule has 26 heavy (non-hydrogen) atoms. The number of aromatic nitrogens is 2. The van der Waals surface area contributed by atoms with Crippen molar-refractivity contribution >= 4 is 27.5 Å². The monoisotopic (exact) mass is 378 g/mol. The largest absolute Gasteiger partial charge is 0.462 e. The van der Waals surface area contributed by atoms with E-state index < -0.39 is 0 Å². The summed E-state index contributed by atoms with van der Waals surface area (Å²) < 4.78 is 5.09. The lowest BCUT2D eigenvalue weighted by atomic mass is 10.1. The Balaban J connectivity index is 1.87. The van der Waals surface area contributed by atoms with Crippen LogP contribution in [0.2, 0.25) is 0 Å². The molecule has 1 aliphatic rings. The van der Waals surface area contributed by atoms with E-state index in [0.29, 0.717) is 39.1 Å². The highest BCUT2D eigenvalue weighted by atomic mass is 32.1. The maximum atomic E-state index is 12.6. The molecule has 3 rings (SSSR count). The molecule has 7 heteroatoms. The van der Waals surface area contributed by atoms with Gasteiger partial charge in [-0.3, -0.25) is 4.79 Å². The van der Waals surface area contributed by atoms with Gasteiger partial charge in [0.15, 0.2) is 5.82 Å². The molecule has 2 aromatic rings. The van der Waals surface area contributed by atoms with Crippen molar-refractivity contribution in [2.75, 3.05) is 6.61 Å². The number of nitrogens with two attached hydrogens (primary N) is 1. The Morgan fingerprint density at radius 1 is 1.35 bits per heavy atom. The highest BCUT2D eigenvalue weighted by molar-refractivity contribution is 7.20.